The summed E-state index contributed by atoms with van der Waals surface area (Å²) in [5.74, 6) is 0.560. The number of aryl methyl sites for hydroxylation is 4. The molecule has 0 fully saturated rings. The van der Waals surface area contributed by atoms with Crippen LogP contribution in [-0.4, -0.2) is 9.13 Å². The minimum atomic E-state index is 0.560. The highest BCUT2D eigenvalue weighted by Crippen LogP contribution is 2.46. The summed E-state index contributed by atoms with van der Waals surface area (Å²) in [6, 6.07) is 43.9. The van der Waals surface area contributed by atoms with E-state index in [0.717, 1.165) is 32.1 Å². The van der Waals surface area contributed by atoms with E-state index >= 15 is 0 Å². The molecule has 222 valence electrons. The Bertz CT molecular complexity index is 2430. The molecule has 0 N–H and O–H groups in total. The van der Waals surface area contributed by atoms with Crippen molar-refractivity contribution in [3.05, 3.63) is 143 Å². The Hall–Kier alpha value is -5.08. The normalized spacial score (nSPS) is 14.4. The van der Waals surface area contributed by atoms with Crippen LogP contribution in [0, 0.1) is 0 Å². The summed E-state index contributed by atoms with van der Waals surface area (Å²) >= 11 is 0. The third kappa shape index (κ3) is 3.59. The number of hydrogen-bond acceptors (Lipinski definition) is 0. The first-order chi connectivity index (χ1) is 22.7. The summed E-state index contributed by atoms with van der Waals surface area (Å²) in [4.78, 5) is 0. The zero-order valence-corrected chi connectivity index (χ0v) is 26.5. The van der Waals surface area contributed by atoms with Gasteiger partial charge in [-0.25, -0.2) is 0 Å². The van der Waals surface area contributed by atoms with E-state index in [0.29, 0.717) is 5.92 Å². The molecule has 2 aromatic heterocycles. The van der Waals surface area contributed by atoms with Crippen LogP contribution < -0.4 is 0 Å². The van der Waals surface area contributed by atoms with Crippen molar-refractivity contribution in [3.8, 4) is 22.5 Å². The summed E-state index contributed by atoms with van der Waals surface area (Å²) in [5.41, 5.74) is 18.3. The van der Waals surface area contributed by atoms with Gasteiger partial charge in [0, 0.05) is 32.9 Å². The number of nitrogens with zero attached hydrogens (tertiary/aromatic N) is 2. The third-order valence-electron chi connectivity index (χ3n) is 11.1. The quantitative estimate of drug-likeness (QED) is 0.192. The van der Waals surface area contributed by atoms with Gasteiger partial charge in [0.15, 0.2) is 0 Å². The molecule has 2 heteroatoms. The van der Waals surface area contributed by atoms with Gasteiger partial charge in [-0.2, -0.15) is 0 Å². The van der Waals surface area contributed by atoms with Crippen LogP contribution >= 0.6 is 0 Å². The molecule has 2 nitrogen and oxygen atoms in total. The van der Waals surface area contributed by atoms with E-state index in [1.54, 1.807) is 0 Å². The number of aromatic nitrogens is 2. The number of fused-ring (bicyclic) bond motifs is 6. The zero-order chi connectivity index (χ0) is 30.5. The maximum Gasteiger partial charge on any atom is 0.0541 e. The van der Waals surface area contributed by atoms with Crippen molar-refractivity contribution in [2.24, 2.45) is 0 Å². The fourth-order valence-corrected chi connectivity index (χ4v) is 8.74. The fourth-order valence-electron chi connectivity index (χ4n) is 8.74. The summed E-state index contributed by atoms with van der Waals surface area (Å²) in [5, 5.41) is 5.36. The lowest BCUT2D eigenvalue weighted by Crippen LogP contribution is -2.16. The minimum Gasteiger partial charge on any atom is -0.309 e. The van der Waals surface area contributed by atoms with Gasteiger partial charge in [-0.1, -0.05) is 74.5 Å². The molecule has 8 aromatic rings. The van der Waals surface area contributed by atoms with E-state index in [-0.39, 0.29) is 0 Å². The van der Waals surface area contributed by atoms with Gasteiger partial charge in [0.25, 0.3) is 0 Å². The topological polar surface area (TPSA) is 9.86 Å². The van der Waals surface area contributed by atoms with Crippen LogP contribution in [0.25, 0.3) is 66.1 Å². The van der Waals surface area contributed by atoms with Gasteiger partial charge in [-0.05, 0) is 132 Å². The summed E-state index contributed by atoms with van der Waals surface area (Å²) < 4.78 is 5.02. The van der Waals surface area contributed by atoms with E-state index in [2.05, 4.69) is 138 Å². The monoisotopic (exact) mass is 592 g/mol. The third-order valence-corrected chi connectivity index (χ3v) is 11.1. The molecule has 0 spiro atoms. The van der Waals surface area contributed by atoms with Gasteiger partial charge in [-0.15, -0.1) is 0 Å². The zero-order valence-electron chi connectivity index (χ0n) is 26.5. The summed E-state index contributed by atoms with van der Waals surface area (Å²) in [6.45, 7) is 4.62. The lowest BCUT2D eigenvalue weighted by molar-refractivity contribution is 0.735. The molecule has 0 bridgehead atoms. The molecule has 10 rings (SSSR count). The molecule has 0 saturated carbocycles. The van der Waals surface area contributed by atoms with Crippen molar-refractivity contribution < 1.29 is 0 Å². The van der Waals surface area contributed by atoms with Crippen LogP contribution in [-0.2, 0) is 25.7 Å². The molecule has 0 amide bonds. The Morgan fingerprint density at radius 2 is 0.870 bits per heavy atom. The van der Waals surface area contributed by atoms with Gasteiger partial charge in [0.2, 0.25) is 0 Å². The SMILES string of the molecule is CCC(C)c1ccc2c(c1)c1ccccc1n2-c1cc2c3c(c1)CCc1cc(-n4c5ccccc5c5ccccc54)cc(c1-3)CC2. The average molecular weight is 593 g/mol. The smallest absolute Gasteiger partial charge is 0.0541 e. The second-order valence-electron chi connectivity index (χ2n) is 13.6. The molecular weight excluding hydrogens is 556 g/mol. The minimum absolute atomic E-state index is 0.560. The first-order valence-electron chi connectivity index (χ1n) is 17.0. The largest absolute Gasteiger partial charge is 0.309 e. The van der Waals surface area contributed by atoms with Crippen LogP contribution in [0.2, 0.25) is 0 Å². The maximum atomic E-state index is 2.53. The van der Waals surface area contributed by atoms with Crippen molar-refractivity contribution in [3.63, 3.8) is 0 Å². The molecule has 2 heterocycles. The predicted molar refractivity (Wildman–Crippen MR) is 194 cm³/mol. The van der Waals surface area contributed by atoms with Crippen molar-refractivity contribution in [2.75, 3.05) is 0 Å². The van der Waals surface area contributed by atoms with E-state index in [1.165, 1.54) is 93.9 Å². The first kappa shape index (κ1) is 26.2. The summed E-state index contributed by atoms with van der Waals surface area (Å²) in [6.07, 6.45) is 5.47. The molecule has 0 saturated heterocycles. The van der Waals surface area contributed by atoms with Gasteiger partial charge >= 0.3 is 0 Å². The second-order valence-corrected chi connectivity index (χ2v) is 13.6. The van der Waals surface area contributed by atoms with Gasteiger partial charge in [0.1, 0.15) is 0 Å². The van der Waals surface area contributed by atoms with Gasteiger partial charge in [0.05, 0.1) is 22.1 Å². The molecule has 2 aliphatic carbocycles. The number of para-hydroxylation sites is 3. The lowest BCUT2D eigenvalue weighted by Gasteiger charge is -2.31. The van der Waals surface area contributed by atoms with E-state index < -0.39 is 0 Å². The van der Waals surface area contributed by atoms with Crippen molar-refractivity contribution in [1.29, 1.82) is 0 Å². The van der Waals surface area contributed by atoms with E-state index in [4.69, 9.17) is 0 Å². The maximum absolute atomic E-state index is 2.53. The Morgan fingerprint density at radius 1 is 0.478 bits per heavy atom. The first-order valence-corrected chi connectivity index (χ1v) is 17.0. The Morgan fingerprint density at radius 3 is 1.30 bits per heavy atom. The molecule has 0 aliphatic heterocycles. The van der Waals surface area contributed by atoms with Gasteiger partial charge < -0.3 is 9.13 Å². The molecule has 46 heavy (non-hydrogen) atoms. The van der Waals surface area contributed by atoms with E-state index in [9.17, 15) is 0 Å². The molecular formula is C44H36N2. The highest BCUT2D eigenvalue weighted by atomic mass is 15.0. The molecule has 1 atom stereocenters. The Labute approximate surface area is 269 Å². The molecule has 0 radical (unpaired) electrons. The molecule has 6 aromatic carbocycles. The van der Waals surface area contributed by atoms with Crippen molar-refractivity contribution in [2.45, 2.75) is 51.9 Å². The van der Waals surface area contributed by atoms with Gasteiger partial charge in [-0.3, -0.25) is 0 Å². The highest BCUT2D eigenvalue weighted by Gasteiger charge is 2.28. The van der Waals surface area contributed by atoms with Crippen molar-refractivity contribution in [1.82, 2.24) is 9.13 Å². The van der Waals surface area contributed by atoms with E-state index in [1.807, 2.05) is 0 Å². The number of rotatable bonds is 4. The second kappa shape index (κ2) is 9.71. The predicted octanol–water partition coefficient (Wildman–Crippen LogP) is 11.3. The van der Waals surface area contributed by atoms with Crippen molar-refractivity contribution >= 4 is 43.6 Å². The molecule has 1 unspecified atom stereocenters. The molecule has 2 aliphatic rings. The van der Waals surface area contributed by atoms with Crippen LogP contribution in [0.4, 0.5) is 0 Å². The van der Waals surface area contributed by atoms with Crippen LogP contribution in [0.5, 0.6) is 0 Å². The van der Waals surface area contributed by atoms with Crippen LogP contribution in [0.3, 0.4) is 0 Å². The van der Waals surface area contributed by atoms with Crippen LogP contribution in [0.1, 0.15) is 54.0 Å². The number of benzene rings is 6. The van der Waals surface area contributed by atoms with Crippen LogP contribution in [0.15, 0.2) is 115 Å². The Kier molecular flexibility index (Phi) is 5.52. The standard InChI is InChI=1S/C44H36N2/c1-3-27(2)28-20-21-42-38(26-28)37-12-6-9-15-41(37)46(42)34-24-31-18-16-29-22-33(23-30-17-19-32(25-34)44(31)43(29)30)45-39-13-7-4-10-35(39)36-11-5-8-14-40(36)45/h4-15,20-27H,3,16-19H2,1-2H3. The summed E-state index contributed by atoms with van der Waals surface area (Å²) in [7, 11) is 0. The highest BCUT2D eigenvalue weighted by molar-refractivity contribution is 6.10. The number of hydrogen-bond donors (Lipinski definition) is 0. The fraction of sp³-hybridized carbons (Fsp3) is 0.182. The Balaban J connectivity index is 1.15. The lowest BCUT2D eigenvalue weighted by atomic mass is 9.75. The average Bonchev–Trinajstić information content (AvgIpc) is 3.62.